The van der Waals surface area contributed by atoms with Gasteiger partial charge in [0.25, 0.3) is 0 Å². The highest BCUT2D eigenvalue weighted by Gasteiger charge is 2.17. The first-order chi connectivity index (χ1) is 7.59. The number of Topliss-reactive ketones (excluding diaryl/α,β-unsaturated/α-hetero) is 1. The van der Waals surface area contributed by atoms with Crippen molar-refractivity contribution >= 4 is 29.1 Å². The van der Waals surface area contributed by atoms with Gasteiger partial charge in [0, 0.05) is 7.05 Å². The van der Waals surface area contributed by atoms with E-state index < -0.39 is 0 Å². The molecule has 0 radical (unpaired) electrons. The maximum Gasteiger partial charge on any atom is 0.189 e. The van der Waals surface area contributed by atoms with E-state index in [1.807, 2.05) is 0 Å². The van der Waals surface area contributed by atoms with E-state index in [2.05, 4.69) is 13.8 Å². The molecule has 2 heterocycles. The maximum absolute atomic E-state index is 11.8. The van der Waals surface area contributed by atoms with Gasteiger partial charge in [-0.1, -0.05) is 11.6 Å². The molecule has 0 spiro atoms. The minimum Gasteiger partial charge on any atom is -0.292 e. The van der Waals surface area contributed by atoms with E-state index in [0.29, 0.717) is 16.4 Å². The van der Waals surface area contributed by atoms with Gasteiger partial charge in [0.2, 0.25) is 0 Å². The number of rotatable bonds is 3. The van der Waals surface area contributed by atoms with E-state index in [4.69, 9.17) is 11.6 Å². The Labute approximate surface area is 101 Å². The van der Waals surface area contributed by atoms with Crippen molar-refractivity contribution in [3.8, 4) is 0 Å². The summed E-state index contributed by atoms with van der Waals surface area (Å²) < 4.78 is 9.30. The predicted molar refractivity (Wildman–Crippen MR) is 60.9 cm³/mol. The van der Waals surface area contributed by atoms with Crippen LogP contribution in [-0.4, -0.2) is 24.3 Å². The lowest BCUT2D eigenvalue weighted by Crippen LogP contribution is -2.08. The first kappa shape index (κ1) is 11.2. The molecule has 0 atom stereocenters. The number of carbonyl (C=O) groups excluding carboxylic acids is 1. The van der Waals surface area contributed by atoms with Crippen LogP contribution in [0.5, 0.6) is 0 Å². The molecular formula is C9H9ClN4OS. The number of aryl methyl sites for hydroxylation is 2. The first-order valence-electron chi connectivity index (χ1n) is 4.58. The summed E-state index contributed by atoms with van der Waals surface area (Å²) in [7, 11) is 1.76. The molecule has 5 nitrogen and oxygen atoms in total. The lowest BCUT2D eigenvalue weighted by atomic mass is 10.1. The molecule has 0 aliphatic rings. The number of halogens is 1. The zero-order valence-corrected chi connectivity index (χ0v) is 10.3. The second-order valence-electron chi connectivity index (χ2n) is 3.36. The molecule has 0 aliphatic carbocycles. The van der Waals surface area contributed by atoms with Crippen LogP contribution in [0.25, 0.3) is 0 Å². The topological polar surface area (TPSA) is 60.7 Å². The highest BCUT2D eigenvalue weighted by atomic mass is 35.5. The standard InChI is InChI=1S/C9H9ClN4OS/c1-5-9(10)7(14(2)12-5)3-8(15)6-4-11-16-13-6/h4H,3H2,1-2H3. The first-order valence-corrected chi connectivity index (χ1v) is 5.69. The summed E-state index contributed by atoms with van der Waals surface area (Å²) in [4.78, 5) is 11.8. The van der Waals surface area contributed by atoms with Crippen LogP contribution in [0.3, 0.4) is 0 Å². The number of ketones is 1. The number of hydrogen-bond donors (Lipinski definition) is 0. The fourth-order valence-corrected chi connectivity index (χ4v) is 2.06. The van der Waals surface area contributed by atoms with Crippen LogP contribution in [0, 0.1) is 6.92 Å². The zero-order chi connectivity index (χ0) is 11.7. The lowest BCUT2D eigenvalue weighted by molar-refractivity contribution is 0.0987. The molecule has 0 fully saturated rings. The summed E-state index contributed by atoms with van der Waals surface area (Å²) in [5.41, 5.74) is 1.81. The average Bonchev–Trinajstić information content (AvgIpc) is 2.83. The van der Waals surface area contributed by atoms with Crippen molar-refractivity contribution in [2.45, 2.75) is 13.3 Å². The second-order valence-corrected chi connectivity index (χ2v) is 4.30. The van der Waals surface area contributed by atoms with Gasteiger partial charge in [-0.05, 0) is 6.92 Å². The smallest absolute Gasteiger partial charge is 0.189 e. The molecule has 0 saturated carbocycles. The minimum absolute atomic E-state index is 0.0985. The normalized spacial score (nSPS) is 10.7. The zero-order valence-electron chi connectivity index (χ0n) is 8.77. The van der Waals surface area contributed by atoms with Crippen molar-refractivity contribution in [3.05, 3.63) is 28.3 Å². The second kappa shape index (κ2) is 4.31. The fraction of sp³-hybridized carbons (Fsp3) is 0.333. The Morgan fingerprint density at radius 1 is 1.62 bits per heavy atom. The SMILES string of the molecule is Cc1nn(C)c(CC(=O)c2cnsn2)c1Cl. The van der Waals surface area contributed by atoms with Gasteiger partial charge >= 0.3 is 0 Å². The highest BCUT2D eigenvalue weighted by Crippen LogP contribution is 2.20. The van der Waals surface area contributed by atoms with Crippen molar-refractivity contribution in [1.29, 1.82) is 0 Å². The molecule has 16 heavy (non-hydrogen) atoms. The van der Waals surface area contributed by atoms with Crippen LogP contribution in [0.2, 0.25) is 5.02 Å². The Kier molecular flexibility index (Phi) is 3.02. The maximum atomic E-state index is 11.8. The minimum atomic E-state index is -0.0985. The molecule has 0 aliphatic heterocycles. The summed E-state index contributed by atoms with van der Waals surface area (Å²) >= 11 is 7.07. The summed E-state index contributed by atoms with van der Waals surface area (Å²) in [5.74, 6) is -0.0985. The van der Waals surface area contributed by atoms with Gasteiger partial charge < -0.3 is 0 Å². The largest absolute Gasteiger partial charge is 0.292 e. The molecule has 0 unspecified atom stereocenters. The van der Waals surface area contributed by atoms with Crippen LogP contribution < -0.4 is 0 Å². The van der Waals surface area contributed by atoms with Crippen molar-refractivity contribution in [1.82, 2.24) is 18.5 Å². The van der Waals surface area contributed by atoms with E-state index in [1.54, 1.807) is 18.7 Å². The number of nitrogens with zero attached hydrogens (tertiary/aromatic N) is 4. The average molecular weight is 257 g/mol. The van der Waals surface area contributed by atoms with Gasteiger partial charge in [0.05, 0.1) is 40.8 Å². The van der Waals surface area contributed by atoms with Crippen LogP contribution >= 0.6 is 23.3 Å². The molecular weight excluding hydrogens is 248 g/mol. The molecule has 84 valence electrons. The van der Waals surface area contributed by atoms with Gasteiger partial charge in [-0.2, -0.15) is 13.8 Å². The Hall–Kier alpha value is -1.27. The van der Waals surface area contributed by atoms with Crippen LogP contribution in [-0.2, 0) is 13.5 Å². The van der Waals surface area contributed by atoms with Crippen LogP contribution in [0.15, 0.2) is 6.20 Å². The Morgan fingerprint density at radius 3 is 2.88 bits per heavy atom. The number of carbonyl (C=O) groups is 1. The Balaban J connectivity index is 2.25. The van der Waals surface area contributed by atoms with Crippen molar-refractivity contribution in [2.75, 3.05) is 0 Å². The summed E-state index contributed by atoms with van der Waals surface area (Å²) in [5, 5.41) is 4.68. The van der Waals surface area contributed by atoms with Crippen LogP contribution in [0.1, 0.15) is 21.9 Å². The van der Waals surface area contributed by atoms with Gasteiger partial charge in [-0.25, -0.2) is 0 Å². The van der Waals surface area contributed by atoms with E-state index in [9.17, 15) is 4.79 Å². The third kappa shape index (κ3) is 1.98. The third-order valence-electron chi connectivity index (χ3n) is 2.24. The van der Waals surface area contributed by atoms with Gasteiger partial charge in [0.1, 0.15) is 5.69 Å². The molecule has 0 saturated heterocycles. The molecule has 0 amide bonds. The number of aromatic nitrogens is 4. The van der Waals surface area contributed by atoms with Crippen molar-refractivity contribution in [2.24, 2.45) is 7.05 Å². The van der Waals surface area contributed by atoms with E-state index in [-0.39, 0.29) is 12.2 Å². The highest BCUT2D eigenvalue weighted by molar-refractivity contribution is 6.99. The van der Waals surface area contributed by atoms with E-state index in [0.717, 1.165) is 17.4 Å². The molecule has 2 aromatic heterocycles. The quantitative estimate of drug-likeness (QED) is 0.784. The predicted octanol–water partition coefficient (Wildman–Crippen LogP) is 1.66. The molecule has 0 bridgehead atoms. The third-order valence-corrected chi connectivity index (χ3v) is 3.21. The molecule has 0 N–H and O–H groups in total. The fourth-order valence-electron chi connectivity index (χ4n) is 1.40. The molecule has 0 aromatic carbocycles. The summed E-state index contributed by atoms with van der Waals surface area (Å²) in [6.07, 6.45) is 1.66. The Morgan fingerprint density at radius 2 is 2.38 bits per heavy atom. The van der Waals surface area contributed by atoms with Gasteiger partial charge in [-0.15, -0.1) is 0 Å². The lowest BCUT2D eigenvalue weighted by Gasteiger charge is -1.99. The molecule has 2 aromatic rings. The summed E-state index contributed by atoms with van der Waals surface area (Å²) in [6, 6.07) is 0. The monoisotopic (exact) mass is 256 g/mol. The molecule has 7 heteroatoms. The van der Waals surface area contributed by atoms with Crippen molar-refractivity contribution in [3.63, 3.8) is 0 Å². The van der Waals surface area contributed by atoms with Crippen LogP contribution in [0.4, 0.5) is 0 Å². The van der Waals surface area contributed by atoms with E-state index >= 15 is 0 Å². The van der Waals surface area contributed by atoms with Gasteiger partial charge in [-0.3, -0.25) is 9.48 Å². The van der Waals surface area contributed by atoms with Crippen molar-refractivity contribution < 1.29 is 4.79 Å². The van der Waals surface area contributed by atoms with E-state index in [1.165, 1.54) is 6.20 Å². The molecule has 2 rings (SSSR count). The number of hydrogen-bond acceptors (Lipinski definition) is 5. The van der Waals surface area contributed by atoms with Gasteiger partial charge in [0.15, 0.2) is 5.78 Å². The Bertz CT molecular complexity index is 520. The summed E-state index contributed by atoms with van der Waals surface area (Å²) in [6.45, 7) is 1.81.